The molecule has 2 N–H and O–H groups in total. The second-order valence-electron chi connectivity index (χ2n) is 5.69. The number of hydrogen-bond acceptors (Lipinski definition) is 3. The van der Waals surface area contributed by atoms with Gasteiger partial charge in [-0.15, -0.1) is 0 Å². The first-order valence-electron chi connectivity index (χ1n) is 7.19. The summed E-state index contributed by atoms with van der Waals surface area (Å²) in [5, 5.41) is 11.8. The molecule has 0 atom stereocenters. The first-order valence-corrected chi connectivity index (χ1v) is 7.19. The van der Waals surface area contributed by atoms with Crippen LogP contribution in [0.25, 0.3) is 6.08 Å². The lowest BCUT2D eigenvalue weighted by Crippen LogP contribution is -2.47. The Bertz CT molecular complexity index is 560. The molecular formula is C16H20N2O3. The summed E-state index contributed by atoms with van der Waals surface area (Å²) in [5.41, 5.74) is 0.583. The molecule has 5 nitrogen and oxygen atoms in total. The van der Waals surface area contributed by atoms with Crippen molar-refractivity contribution in [1.29, 1.82) is 0 Å². The highest BCUT2D eigenvalue weighted by atomic mass is 16.4. The molecule has 0 spiro atoms. The highest BCUT2D eigenvalue weighted by molar-refractivity contribution is 5.97. The van der Waals surface area contributed by atoms with E-state index in [1.165, 1.54) is 18.7 Å². The Labute approximate surface area is 124 Å². The number of carboxylic acids is 1. The number of nitrogens with one attached hydrogen (secondary N) is 1. The third kappa shape index (κ3) is 4.15. The summed E-state index contributed by atoms with van der Waals surface area (Å²) in [6, 6.07) is 3.37. The van der Waals surface area contributed by atoms with E-state index in [-0.39, 0.29) is 17.1 Å². The van der Waals surface area contributed by atoms with Crippen LogP contribution in [0.4, 0.5) is 0 Å². The second-order valence-corrected chi connectivity index (χ2v) is 5.69. The van der Waals surface area contributed by atoms with E-state index in [4.69, 9.17) is 5.11 Å². The van der Waals surface area contributed by atoms with Crippen molar-refractivity contribution in [2.24, 2.45) is 0 Å². The Kier molecular flexibility index (Phi) is 4.73. The molecule has 1 aliphatic carbocycles. The van der Waals surface area contributed by atoms with Gasteiger partial charge in [0.25, 0.3) is 5.91 Å². The van der Waals surface area contributed by atoms with E-state index in [9.17, 15) is 9.59 Å². The van der Waals surface area contributed by atoms with Crippen molar-refractivity contribution in [1.82, 2.24) is 10.3 Å². The van der Waals surface area contributed by atoms with E-state index in [0.717, 1.165) is 31.8 Å². The second kappa shape index (κ2) is 6.52. The molecule has 2 rings (SSSR count). The standard InChI is InChI=1S/C16H20N2O3/c1-16(9-3-2-4-10-16)18-15(21)14-12(6-5-11-17-14)7-8-13(19)20/h5-8,11H,2-4,9-10H2,1H3,(H,18,21)(H,19,20)/b8-7+. The first kappa shape index (κ1) is 15.2. The summed E-state index contributed by atoms with van der Waals surface area (Å²) in [7, 11) is 0. The van der Waals surface area contributed by atoms with Gasteiger partial charge in [-0.1, -0.05) is 25.3 Å². The van der Waals surface area contributed by atoms with Crippen LogP contribution >= 0.6 is 0 Å². The Hall–Kier alpha value is -2.17. The van der Waals surface area contributed by atoms with Crippen LogP contribution in [0, 0.1) is 0 Å². The summed E-state index contributed by atoms with van der Waals surface area (Å²) in [6.45, 7) is 2.06. The van der Waals surface area contributed by atoms with Gasteiger partial charge in [-0.05, 0) is 31.9 Å². The van der Waals surface area contributed by atoms with Crippen molar-refractivity contribution in [2.45, 2.75) is 44.6 Å². The fraction of sp³-hybridized carbons (Fsp3) is 0.438. The number of pyridine rings is 1. The van der Waals surface area contributed by atoms with Crippen molar-refractivity contribution in [3.8, 4) is 0 Å². The van der Waals surface area contributed by atoms with E-state index >= 15 is 0 Å². The number of aliphatic carboxylic acids is 1. The van der Waals surface area contributed by atoms with Crippen molar-refractivity contribution in [3.63, 3.8) is 0 Å². The normalized spacial score (nSPS) is 17.6. The van der Waals surface area contributed by atoms with E-state index < -0.39 is 5.97 Å². The predicted octanol–water partition coefficient (Wildman–Crippen LogP) is 2.63. The molecule has 1 saturated carbocycles. The van der Waals surface area contributed by atoms with Gasteiger partial charge in [-0.25, -0.2) is 4.79 Å². The number of carbonyl (C=O) groups is 2. The van der Waals surface area contributed by atoms with Crippen LogP contribution in [-0.2, 0) is 4.79 Å². The van der Waals surface area contributed by atoms with E-state index in [0.29, 0.717) is 5.56 Å². The van der Waals surface area contributed by atoms with Crippen LogP contribution in [0.15, 0.2) is 24.4 Å². The maximum atomic E-state index is 12.4. The number of hydrogen-bond donors (Lipinski definition) is 2. The zero-order valence-electron chi connectivity index (χ0n) is 12.1. The zero-order chi connectivity index (χ0) is 15.3. The first-order chi connectivity index (χ1) is 10.0. The smallest absolute Gasteiger partial charge is 0.328 e. The summed E-state index contributed by atoms with van der Waals surface area (Å²) in [4.78, 5) is 27.1. The minimum absolute atomic E-state index is 0.194. The Morgan fingerprint density at radius 1 is 1.33 bits per heavy atom. The van der Waals surface area contributed by atoms with Gasteiger partial charge < -0.3 is 10.4 Å². The van der Waals surface area contributed by atoms with Gasteiger partial charge in [0.1, 0.15) is 5.69 Å². The number of nitrogens with zero attached hydrogens (tertiary/aromatic N) is 1. The van der Waals surface area contributed by atoms with E-state index in [2.05, 4.69) is 17.2 Å². The highest BCUT2D eigenvalue weighted by Crippen LogP contribution is 2.27. The van der Waals surface area contributed by atoms with Gasteiger partial charge in [0.05, 0.1) is 0 Å². The van der Waals surface area contributed by atoms with Crippen molar-refractivity contribution < 1.29 is 14.7 Å². The van der Waals surface area contributed by atoms with E-state index in [1.54, 1.807) is 12.1 Å². The molecule has 0 bridgehead atoms. The molecule has 0 radical (unpaired) electrons. The number of carbonyl (C=O) groups excluding carboxylic acids is 1. The summed E-state index contributed by atoms with van der Waals surface area (Å²) >= 11 is 0. The molecule has 0 aliphatic heterocycles. The lowest BCUT2D eigenvalue weighted by Gasteiger charge is -2.34. The topological polar surface area (TPSA) is 79.3 Å². The van der Waals surface area contributed by atoms with Crippen LogP contribution in [-0.4, -0.2) is 27.5 Å². The Balaban J connectivity index is 2.17. The van der Waals surface area contributed by atoms with Gasteiger partial charge in [-0.3, -0.25) is 9.78 Å². The summed E-state index contributed by atoms with van der Waals surface area (Å²) in [6.07, 6.45) is 9.31. The van der Waals surface area contributed by atoms with Crippen molar-refractivity contribution in [2.75, 3.05) is 0 Å². The van der Waals surface area contributed by atoms with Crippen LogP contribution in [0.3, 0.4) is 0 Å². The largest absolute Gasteiger partial charge is 0.478 e. The molecule has 112 valence electrons. The number of aromatic nitrogens is 1. The molecule has 1 aliphatic rings. The zero-order valence-corrected chi connectivity index (χ0v) is 12.1. The van der Waals surface area contributed by atoms with Crippen LogP contribution < -0.4 is 5.32 Å². The Morgan fingerprint density at radius 2 is 2.05 bits per heavy atom. The molecular weight excluding hydrogens is 268 g/mol. The fourth-order valence-corrected chi connectivity index (χ4v) is 2.69. The average molecular weight is 288 g/mol. The molecule has 0 unspecified atom stereocenters. The molecule has 1 aromatic heterocycles. The third-order valence-electron chi connectivity index (χ3n) is 3.83. The maximum absolute atomic E-state index is 12.4. The molecule has 5 heteroatoms. The van der Waals surface area contributed by atoms with Gasteiger partial charge in [0, 0.05) is 23.4 Å². The molecule has 0 aromatic carbocycles. The lowest BCUT2D eigenvalue weighted by molar-refractivity contribution is -0.131. The van der Waals surface area contributed by atoms with Gasteiger partial charge in [0.15, 0.2) is 0 Å². The molecule has 1 amide bonds. The highest BCUT2D eigenvalue weighted by Gasteiger charge is 2.29. The van der Waals surface area contributed by atoms with Crippen LogP contribution in [0.2, 0.25) is 0 Å². The quantitative estimate of drug-likeness (QED) is 0.835. The number of amides is 1. The minimum Gasteiger partial charge on any atom is -0.478 e. The number of rotatable bonds is 4. The SMILES string of the molecule is CC1(NC(=O)c2ncccc2/C=C/C(=O)O)CCCCC1. The van der Waals surface area contributed by atoms with E-state index in [1.807, 2.05) is 0 Å². The molecule has 1 fully saturated rings. The monoisotopic (exact) mass is 288 g/mol. The molecule has 21 heavy (non-hydrogen) atoms. The third-order valence-corrected chi connectivity index (χ3v) is 3.83. The summed E-state index contributed by atoms with van der Waals surface area (Å²) < 4.78 is 0. The van der Waals surface area contributed by atoms with Gasteiger partial charge in [-0.2, -0.15) is 0 Å². The van der Waals surface area contributed by atoms with Gasteiger partial charge in [0.2, 0.25) is 0 Å². The average Bonchev–Trinajstić information content (AvgIpc) is 2.45. The lowest BCUT2D eigenvalue weighted by atomic mass is 9.83. The number of carboxylic acid groups (broad SMARTS) is 1. The summed E-state index contributed by atoms with van der Waals surface area (Å²) in [5.74, 6) is -1.30. The van der Waals surface area contributed by atoms with Crippen LogP contribution in [0.5, 0.6) is 0 Å². The maximum Gasteiger partial charge on any atom is 0.328 e. The molecule has 0 saturated heterocycles. The van der Waals surface area contributed by atoms with Gasteiger partial charge >= 0.3 is 5.97 Å². The van der Waals surface area contributed by atoms with Crippen LogP contribution in [0.1, 0.15) is 55.1 Å². The molecule has 1 aromatic rings. The minimum atomic E-state index is -1.05. The fourth-order valence-electron chi connectivity index (χ4n) is 2.69. The van der Waals surface area contributed by atoms with Crippen molar-refractivity contribution >= 4 is 18.0 Å². The molecule has 1 heterocycles. The predicted molar refractivity (Wildman–Crippen MR) is 79.9 cm³/mol. The van der Waals surface area contributed by atoms with Crippen molar-refractivity contribution in [3.05, 3.63) is 35.7 Å². The Morgan fingerprint density at radius 3 is 2.71 bits per heavy atom.